The smallest absolute Gasteiger partial charge is 0.231 e. The van der Waals surface area contributed by atoms with Gasteiger partial charge in [0.2, 0.25) is 5.91 Å². The number of anilines is 2. The van der Waals surface area contributed by atoms with Gasteiger partial charge >= 0.3 is 0 Å². The Bertz CT molecular complexity index is 867. The fourth-order valence-electron chi connectivity index (χ4n) is 3.97. The highest BCUT2D eigenvalue weighted by Gasteiger charge is 2.19. The first-order valence-corrected chi connectivity index (χ1v) is 11.3. The zero-order chi connectivity index (χ0) is 21.9. The van der Waals surface area contributed by atoms with Crippen LogP contribution in [-0.2, 0) is 11.2 Å². The second kappa shape index (κ2) is 11.9. The van der Waals surface area contributed by atoms with Gasteiger partial charge in [-0.3, -0.25) is 9.69 Å². The first-order valence-electron chi connectivity index (χ1n) is 11.3. The van der Waals surface area contributed by atoms with Crippen LogP contribution in [0.5, 0.6) is 5.75 Å². The molecule has 0 fully saturated rings. The molecule has 0 spiro atoms. The van der Waals surface area contributed by atoms with Crippen molar-refractivity contribution < 1.29 is 9.53 Å². The number of ether oxygens (including phenoxy) is 1. The minimum absolute atomic E-state index is 0.158. The van der Waals surface area contributed by atoms with Crippen LogP contribution in [0.1, 0.15) is 44.6 Å². The maximum atomic E-state index is 13.2. The molecule has 0 bridgehead atoms. The predicted molar refractivity (Wildman–Crippen MR) is 129 cm³/mol. The Hall–Kier alpha value is -3.07. The van der Waals surface area contributed by atoms with Crippen molar-refractivity contribution in [3.8, 4) is 5.75 Å². The van der Waals surface area contributed by atoms with Crippen molar-refractivity contribution in [2.45, 2.75) is 45.4 Å². The molecule has 3 heteroatoms. The molecule has 0 saturated heterocycles. The number of carbonyl (C=O) groups excluding carboxylic acids is 1. The van der Waals surface area contributed by atoms with Crippen molar-refractivity contribution in [2.24, 2.45) is 5.92 Å². The van der Waals surface area contributed by atoms with Crippen molar-refractivity contribution in [1.82, 2.24) is 0 Å². The van der Waals surface area contributed by atoms with E-state index in [9.17, 15) is 4.79 Å². The summed E-state index contributed by atoms with van der Waals surface area (Å²) in [6.07, 6.45) is 5.94. The fraction of sp³-hybridized carbons (Fsp3) is 0.321. The summed E-state index contributed by atoms with van der Waals surface area (Å²) in [5.74, 6) is 1.62. The molecule has 0 N–H and O–H groups in total. The molecular weight excluding hydrogens is 382 g/mol. The number of methoxy groups -OCH3 is 1. The second-order valence-corrected chi connectivity index (χ2v) is 7.95. The maximum absolute atomic E-state index is 13.2. The van der Waals surface area contributed by atoms with Gasteiger partial charge < -0.3 is 4.74 Å². The summed E-state index contributed by atoms with van der Waals surface area (Å²) in [6.45, 7) is 2.23. The molecule has 0 aliphatic heterocycles. The minimum atomic E-state index is 0.158. The first-order chi connectivity index (χ1) is 15.2. The number of amides is 1. The van der Waals surface area contributed by atoms with Gasteiger partial charge in [-0.2, -0.15) is 0 Å². The van der Waals surface area contributed by atoms with E-state index in [1.54, 1.807) is 7.11 Å². The van der Waals surface area contributed by atoms with Crippen molar-refractivity contribution >= 4 is 17.3 Å². The zero-order valence-electron chi connectivity index (χ0n) is 18.7. The maximum Gasteiger partial charge on any atom is 0.231 e. The largest absolute Gasteiger partial charge is 0.497 e. The van der Waals surface area contributed by atoms with Crippen LogP contribution in [0.3, 0.4) is 0 Å². The van der Waals surface area contributed by atoms with Gasteiger partial charge in [-0.15, -0.1) is 0 Å². The minimum Gasteiger partial charge on any atom is -0.497 e. The Kier molecular flexibility index (Phi) is 8.71. The van der Waals surface area contributed by atoms with Crippen LogP contribution >= 0.6 is 0 Å². The van der Waals surface area contributed by atoms with E-state index in [0.717, 1.165) is 49.2 Å². The molecule has 1 atom stereocenters. The standard InChI is InChI=1S/C28H33NO2/c1-3-23(11-10-12-24-17-20-27(31-2)21-18-24)19-22-28(30)29(25-13-6-4-7-14-25)26-15-8-5-9-16-26/h4-9,13-18,20-21,23H,3,10-12,19,22H2,1-2H3/t23-/m0/s1. The number of hydrogen-bond acceptors (Lipinski definition) is 2. The monoisotopic (exact) mass is 415 g/mol. The van der Waals surface area contributed by atoms with Crippen LogP contribution in [0.15, 0.2) is 84.9 Å². The van der Waals surface area contributed by atoms with Gasteiger partial charge in [-0.05, 0) is 67.1 Å². The average molecular weight is 416 g/mol. The van der Waals surface area contributed by atoms with E-state index in [-0.39, 0.29) is 5.91 Å². The molecule has 31 heavy (non-hydrogen) atoms. The van der Waals surface area contributed by atoms with E-state index in [2.05, 4.69) is 19.1 Å². The third kappa shape index (κ3) is 6.71. The molecule has 3 aromatic rings. The Morgan fingerprint density at radius 2 is 1.42 bits per heavy atom. The summed E-state index contributed by atoms with van der Waals surface area (Å²) in [4.78, 5) is 15.1. The molecule has 1 amide bonds. The topological polar surface area (TPSA) is 29.5 Å². The van der Waals surface area contributed by atoms with Crippen molar-refractivity contribution in [2.75, 3.05) is 12.0 Å². The van der Waals surface area contributed by atoms with Crippen molar-refractivity contribution in [3.63, 3.8) is 0 Å². The second-order valence-electron chi connectivity index (χ2n) is 7.95. The lowest BCUT2D eigenvalue weighted by Gasteiger charge is -2.24. The summed E-state index contributed by atoms with van der Waals surface area (Å²) in [5, 5.41) is 0. The van der Waals surface area contributed by atoms with E-state index in [1.165, 1.54) is 5.56 Å². The lowest BCUT2D eigenvalue weighted by atomic mass is 9.92. The molecule has 0 aliphatic carbocycles. The summed E-state index contributed by atoms with van der Waals surface area (Å²) in [7, 11) is 1.69. The van der Waals surface area contributed by atoms with Gasteiger partial charge in [-0.1, -0.05) is 68.3 Å². The lowest BCUT2D eigenvalue weighted by molar-refractivity contribution is -0.118. The molecule has 3 rings (SSSR count). The molecule has 0 saturated carbocycles. The molecule has 0 aromatic heterocycles. The van der Waals surface area contributed by atoms with Gasteiger partial charge in [0.05, 0.1) is 7.11 Å². The molecule has 162 valence electrons. The number of benzene rings is 3. The van der Waals surface area contributed by atoms with Crippen LogP contribution in [0, 0.1) is 5.92 Å². The summed E-state index contributed by atoms with van der Waals surface area (Å²) in [5.41, 5.74) is 3.18. The highest BCUT2D eigenvalue weighted by Crippen LogP contribution is 2.28. The van der Waals surface area contributed by atoms with Gasteiger partial charge in [0.25, 0.3) is 0 Å². The number of nitrogens with zero attached hydrogens (tertiary/aromatic N) is 1. The Labute approximate surface area is 186 Å². The zero-order valence-corrected chi connectivity index (χ0v) is 18.7. The Morgan fingerprint density at radius 3 is 1.94 bits per heavy atom. The molecule has 0 radical (unpaired) electrons. The number of aryl methyl sites for hydroxylation is 1. The van der Waals surface area contributed by atoms with Gasteiger partial charge in [0.1, 0.15) is 5.75 Å². The van der Waals surface area contributed by atoms with Gasteiger partial charge in [0, 0.05) is 17.8 Å². The molecule has 0 unspecified atom stereocenters. The number of carbonyl (C=O) groups is 1. The highest BCUT2D eigenvalue weighted by atomic mass is 16.5. The molecule has 3 aromatic carbocycles. The van der Waals surface area contributed by atoms with Crippen LogP contribution in [0.2, 0.25) is 0 Å². The predicted octanol–water partition coefficient (Wildman–Crippen LogP) is 7.19. The molecular formula is C28H33NO2. The Morgan fingerprint density at radius 1 is 0.839 bits per heavy atom. The SMILES string of the molecule is CC[C@@H](CCCc1ccc(OC)cc1)CCC(=O)N(c1ccccc1)c1ccccc1. The molecule has 0 aliphatic rings. The molecule has 3 nitrogen and oxygen atoms in total. The third-order valence-corrected chi connectivity index (χ3v) is 5.86. The van der Waals surface area contributed by atoms with Crippen molar-refractivity contribution in [3.05, 3.63) is 90.5 Å². The van der Waals surface area contributed by atoms with Crippen molar-refractivity contribution in [1.29, 1.82) is 0 Å². The average Bonchev–Trinajstić information content (AvgIpc) is 2.83. The summed E-state index contributed by atoms with van der Waals surface area (Å²) >= 11 is 0. The fourth-order valence-corrected chi connectivity index (χ4v) is 3.97. The molecule has 0 heterocycles. The van der Waals surface area contributed by atoms with E-state index < -0.39 is 0 Å². The van der Waals surface area contributed by atoms with Gasteiger partial charge in [-0.25, -0.2) is 0 Å². The summed E-state index contributed by atoms with van der Waals surface area (Å²) < 4.78 is 5.23. The van der Waals surface area contributed by atoms with Crippen LogP contribution in [0.25, 0.3) is 0 Å². The number of para-hydroxylation sites is 2. The van der Waals surface area contributed by atoms with Crippen LogP contribution in [-0.4, -0.2) is 13.0 Å². The van der Waals surface area contributed by atoms with E-state index in [4.69, 9.17) is 4.74 Å². The normalized spacial score (nSPS) is 11.7. The third-order valence-electron chi connectivity index (χ3n) is 5.86. The van der Waals surface area contributed by atoms with E-state index in [0.29, 0.717) is 12.3 Å². The van der Waals surface area contributed by atoms with Crippen LogP contribution in [0.4, 0.5) is 11.4 Å². The highest BCUT2D eigenvalue weighted by molar-refractivity contribution is 6.00. The van der Waals surface area contributed by atoms with E-state index >= 15 is 0 Å². The van der Waals surface area contributed by atoms with Gasteiger partial charge in [0.15, 0.2) is 0 Å². The number of rotatable bonds is 11. The summed E-state index contributed by atoms with van der Waals surface area (Å²) in [6, 6.07) is 28.2. The number of hydrogen-bond donors (Lipinski definition) is 0. The Balaban J connectivity index is 1.55. The van der Waals surface area contributed by atoms with E-state index in [1.807, 2.05) is 77.7 Å². The first kappa shape index (κ1) is 22.6. The lowest BCUT2D eigenvalue weighted by Crippen LogP contribution is -2.26. The quantitative estimate of drug-likeness (QED) is 0.332. The van der Waals surface area contributed by atoms with Crippen LogP contribution < -0.4 is 9.64 Å².